The number of ether oxygens (including phenoxy) is 1. The number of likely N-dealkylation sites (tertiary alicyclic amines) is 1. The number of anilines is 1. The van der Waals surface area contributed by atoms with Gasteiger partial charge in [0, 0.05) is 18.3 Å². The molecule has 0 saturated carbocycles. The Morgan fingerprint density at radius 3 is 2.88 bits per heavy atom. The van der Waals surface area contributed by atoms with Crippen molar-refractivity contribution in [3.05, 3.63) is 23.5 Å². The van der Waals surface area contributed by atoms with Gasteiger partial charge in [0.2, 0.25) is 11.8 Å². The van der Waals surface area contributed by atoms with Crippen LogP contribution in [0.2, 0.25) is 0 Å². The Hall–Kier alpha value is -2.71. The quantitative estimate of drug-likeness (QED) is 0.867. The van der Waals surface area contributed by atoms with Crippen molar-refractivity contribution in [3.8, 4) is 6.01 Å². The second-order valence-electron chi connectivity index (χ2n) is 6.07. The lowest BCUT2D eigenvalue weighted by atomic mass is 10.1. The maximum absolute atomic E-state index is 12.9. The lowest BCUT2D eigenvalue weighted by Crippen LogP contribution is -2.41. The maximum atomic E-state index is 12.9. The van der Waals surface area contributed by atoms with Gasteiger partial charge in [0.25, 0.3) is 0 Å². The van der Waals surface area contributed by atoms with Gasteiger partial charge in [0.05, 0.1) is 7.11 Å². The number of aryl methyl sites for hydroxylation is 2. The first kappa shape index (κ1) is 17.1. The van der Waals surface area contributed by atoms with Gasteiger partial charge in [-0.25, -0.2) is 4.98 Å². The fraction of sp³-hybridized carbons (Fsp3) is 0.562. The molecular weight excluding hydrogens is 324 g/mol. The Bertz CT molecular complexity index is 747. The minimum atomic E-state index is -0.356. The van der Waals surface area contributed by atoms with Crippen molar-refractivity contribution in [1.82, 2.24) is 25.0 Å². The number of amides is 1. The molecule has 9 heteroatoms. The van der Waals surface area contributed by atoms with E-state index in [4.69, 9.17) is 9.26 Å². The van der Waals surface area contributed by atoms with Crippen molar-refractivity contribution in [2.75, 3.05) is 19.0 Å². The lowest BCUT2D eigenvalue weighted by Gasteiger charge is -2.23. The molecule has 1 aliphatic heterocycles. The van der Waals surface area contributed by atoms with E-state index in [1.54, 1.807) is 17.9 Å². The van der Waals surface area contributed by atoms with E-state index in [9.17, 15) is 4.79 Å². The number of nitrogens with one attached hydrogen (secondary N) is 1. The SMILES string of the molecule is COc1nc(C)cc(NC2CCCCN(Cc3nc(C)no3)C2=O)n1. The van der Waals surface area contributed by atoms with Crippen LogP contribution >= 0.6 is 0 Å². The molecule has 1 atom stereocenters. The third-order valence-corrected chi connectivity index (χ3v) is 4.01. The summed E-state index contributed by atoms with van der Waals surface area (Å²) in [5, 5.41) is 6.99. The summed E-state index contributed by atoms with van der Waals surface area (Å²) in [5.74, 6) is 1.60. The van der Waals surface area contributed by atoms with Crippen LogP contribution in [0.25, 0.3) is 0 Å². The molecule has 1 fully saturated rings. The van der Waals surface area contributed by atoms with E-state index in [0.29, 0.717) is 30.6 Å². The topological polar surface area (TPSA) is 106 Å². The minimum Gasteiger partial charge on any atom is -0.467 e. The van der Waals surface area contributed by atoms with Crippen molar-refractivity contribution in [1.29, 1.82) is 0 Å². The first-order valence-electron chi connectivity index (χ1n) is 8.29. The molecule has 1 amide bonds. The second-order valence-corrected chi connectivity index (χ2v) is 6.07. The molecule has 0 radical (unpaired) electrons. The van der Waals surface area contributed by atoms with Crippen LogP contribution < -0.4 is 10.1 Å². The normalized spacial score (nSPS) is 18.1. The highest BCUT2D eigenvalue weighted by atomic mass is 16.5. The third-order valence-electron chi connectivity index (χ3n) is 4.01. The van der Waals surface area contributed by atoms with Crippen LogP contribution in [-0.4, -0.2) is 50.6 Å². The van der Waals surface area contributed by atoms with E-state index in [0.717, 1.165) is 25.0 Å². The van der Waals surface area contributed by atoms with Gasteiger partial charge in [0.1, 0.15) is 18.4 Å². The third kappa shape index (κ3) is 4.23. The Morgan fingerprint density at radius 2 is 2.16 bits per heavy atom. The Kier molecular flexibility index (Phi) is 5.11. The highest BCUT2D eigenvalue weighted by Gasteiger charge is 2.28. The number of carbonyl (C=O) groups excluding carboxylic acids is 1. The number of hydrogen-bond donors (Lipinski definition) is 1. The highest BCUT2D eigenvalue weighted by Crippen LogP contribution is 2.19. The zero-order valence-electron chi connectivity index (χ0n) is 14.7. The molecule has 0 spiro atoms. The fourth-order valence-corrected chi connectivity index (χ4v) is 2.85. The van der Waals surface area contributed by atoms with E-state index in [2.05, 4.69) is 25.4 Å². The van der Waals surface area contributed by atoms with Crippen LogP contribution in [-0.2, 0) is 11.3 Å². The van der Waals surface area contributed by atoms with Crippen molar-refractivity contribution < 1.29 is 14.1 Å². The molecule has 3 heterocycles. The number of carbonyl (C=O) groups is 1. The number of methoxy groups -OCH3 is 1. The molecule has 1 unspecified atom stereocenters. The zero-order valence-corrected chi connectivity index (χ0v) is 14.7. The average Bonchev–Trinajstić information content (AvgIpc) is 2.92. The summed E-state index contributed by atoms with van der Waals surface area (Å²) in [7, 11) is 1.52. The summed E-state index contributed by atoms with van der Waals surface area (Å²) in [4.78, 5) is 27.3. The minimum absolute atomic E-state index is 0.00332. The fourth-order valence-electron chi connectivity index (χ4n) is 2.85. The van der Waals surface area contributed by atoms with Gasteiger partial charge in [-0.3, -0.25) is 4.79 Å². The maximum Gasteiger partial charge on any atom is 0.318 e. The van der Waals surface area contributed by atoms with Crippen LogP contribution in [0.15, 0.2) is 10.6 Å². The van der Waals surface area contributed by atoms with E-state index in [-0.39, 0.29) is 18.0 Å². The van der Waals surface area contributed by atoms with E-state index in [1.807, 2.05) is 6.92 Å². The van der Waals surface area contributed by atoms with Crippen LogP contribution in [0.1, 0.15) is 36.7 Å². The highest BCUT2D eigenvalue weighted by molar-refractivity contribution is 5.84. The molecule has 2 aromatic heterocycles. The van der Waals surface area contributed by atoms with Gasteiger partial charge in [0.15, 0.2) is 5.82 Å². The molecule has 25 heavy (non-hydrogen) atoms. The number of aromatic nitrogens is 4. The van der Waals surface area contributed by atoms with Crippen molar-refractivity contribution >= 4 is 11.7 Å². The molecule has 1 N–H and O–H groups in total. The number of hydrogen-bond acceptors (Lipinski definition) is 8. The molecule has 3 rings (SSSR count). The zero-order chi connectivity index (χ0) is 17.8. The van der Waals surface area contributed by atoms with Gasteiger partial charge >= 0.3 is 6.01 Å². The number of rotatable bonds is 5. The molecular formula is C16H22N6O3. The lowest BCUT2D eigenvalue weighted by molar-refractivity contribution is -0.132. The smallest absolute Gasteiger partial charge is 0.318 e. The predicted molar refractivity (Wildman–Crippen MR) is 89.0 cm³/mol. The van der Waals surface area contributed by atoms with Gasteiger partial charge in [-0.05, 0) is 33.1 Å². The molecule has 0 aliphatic carbocycles. The Balaban J connectivity index is 1.74. The Morgan fingerprint density at radius 1 is 1.32 bits per heavy atom. The molecule has 0 aromatic carbocycles. The summed E-state index contributed by atoms with van der Waals surface area (Å²) in [5.41, 5.74) is 0.772. The van der Waals surface area contributed by atoms with Crippen molar-refractivity contribution in [3.63, 3.8) is 0 Å². The standard InChI is InChI=1S/C16H22N6O3/c1-10-8-13(20-16(17-10)24-3)19-12-6-4-5-7-22(15(12)23)9-14-18-11(2)21-25-14/h8,12H,4-7,9H2,1-3H3,(H,17,19,20). The predicted octanol–water partition coefficient (Wildman–Crippen LogP) is 1.48. The van der Waals surface area contributed by atoms with Crippen LogP contribution in [0, 0.1) is 13.8 Å². The van der Waals surface area contributed by atoms with Gasteiger partial charge in [-0.15, -0.1) is 0 Å². The molecule has 134 valence electrons. The number of nitrogens with zero attached hydrogens (tertiary/aromatic N) is 5. The van der Waals surface area contributed by atoms with Crippen LogP contribution in [0.3, 0.4) is 0 Å². The summed E-state index contributed by atoms with van der Waals surface area (Å²) >= 11 is 0. The summed E-state index contributed by atoms with van der Waals surface area (Å²) in [6, 6.07) is 1.72. The first-order chi connectivity index (χ1) is 12.0. The molecule has 9 nitrogen and oxygen atoms in total. The van der Waals surface area contributed by atoms with Crippen LogP contribution in [0.4, 0.5) is 5.82 Å². The summed E-state index contributed by atoms with van der Waals surface area (Å²) < 4.78 is 10.2. The van der Waals surface area contributed by atoms with Gasteiger partial charge in [-0.1, -0.05) is 5.16 Å². The average molecular weight is 346 g/mol. The summed E-state index contributed by atoms with van der Waals surface area (Å²) in [6.45, 7) is 4.61. The molecule has 1 aliphatic rings. The molecule has 0 bridgehead atoms. The van der Waals surface area contributed by atoms with Gasteiger partial charge < -0.3 is 19.5 Å². The van der Waals surface area contributed by atoms with E-state index >= 15 is 0 Å². The van der Waals surface area contributed by atoms with Crippen LogP contribution in [0.5, 0.6) is 6.01 Å². The van der Waals surface area contributed by atoms with E-state index in [1.165, 1.54) is 7.11 Å². The van der Waals surface area contributed by atoms with Crippen molar-refractivity contribution in [2.45, 2.75) is 45.7 Å². The monoisotopic (exact) mass is 346 g/mol. The van der Waals surface area contributed by atoms with Crippen molar-refractivity contribution in [2.24, 2.45) is 0 Å². The molecule has 2 aromatic rings. The summed E-state index contributed by atoms with van der Waals surface area (Å²) in [6.07, 6.45) is 2.62. The second kappa shape index (κ2) is 7.45. The van der Waals surface area contributed by atoms with E-state index < -0.39 is 0 Å². The van der Waals surface area contributed by atoms with Gasteiger partial charge in [-0.2, -0.15) is 9.97 Å². The first-order valence-corrected chi connectivity index (χ1v) is 8.29. The molecule has 1 saturated heterocycles. The largest absolute Gasteiger partial charge is 0.467 e. The Labute approximate surface area is 145 Å².